The van der Waals surface area contributed by atoms with Gasteiger partial charge in [0.15, 0.2) is 0 Å². The lowest BCUT2D eigenvalue weighted by Crippen LogP contribution is -2.30. The first-order chi connectivity index (χ1) is 12.6. The van der Waals surface area contributed by atoms with Gasteiger partial charge in [-0.25, -0.2) is 4.79 Å². The van der Waals surface area contributed by atoms with Gasteiger partial charge in [-0.15, -0.1) is 0 Å². The van der Waals surface area contributed by atoms with E-state index in [2.05, 4.69) is 26.8 Å². The van der Waals surface area contributed by atoms with Crippen molar-refractivity contribution in [3.8, 4) is 11.5 Å². The van der Waals surface area contributed by atoms with Gasteiger partial charge in [0.25, 0.3) is 0 Å². The molecule has 0 radical (unpaired) electrons. The van der Waals surface area contributed by atoms with Crippen molar-refractivity contribution >= 4 is 17.1 Å². The van der Waals surface area contributed by atoms with Crippen LogP contribution < -0.4 is 9.47 Å². The molecule has 0 unspecified atom stereocenters. The molecule has 27 heavy (non-hydrogen) atoms. The minimum atomic E-state index is -1.58. The van der Waals surface area contributed by atoms with Crippen molar-refractivity contribution in [3.05, 3.63) is 35.2 Å². The Kier molecular flexibility index (Phi) is 6.34. The lowest BCUT2D eigenvalue weighted by Gasteiger charge is -2.33. The fraction of sp³-hybridized carbons (Fsp3) is 0.500. The van der Waals surface area contributed by atoms with E-state index in [1.165, 1.54) is 6.92 Å². The monoisotopic (exact) mass is 376 g/mol. The predicted molar refractivity (Wildman–Crippen MR) is 106 cm³/mol. The van der Waals surface area contributed by atoms with Gasteiger partial charge < -0.3 is 14.6 Å². The topological polar surface area (TPSA) is 55.8 Å². The third kappa shape index (κ3) is 4.71. The lowest BCUT2D eigenvalue weighted by molar-refractivity contribution is -0.134. The van der Waals surface area contributed by atoms with E-state index < -0.39 is 17.4 Å². The SMILES string of the molecule is CCCCOc1cc2c(cc1C(C)=C(F)C(=O)O)C(C(C)C)=CC(C)(C)O2. The number of allylic oxidation sites excluding steroid dienone is 2. The van der Waals surface area contributed by atoms with Crippen LogP contribution >= 0.6 is 0 Å². The Morgan fingerprint density at radius 2 is 2.00 bits per heavy atom. The van der Waals surface area contributed by atoms with Crippen molar-refractivity contribution < 1.29 is 23.8 Å². The first-order valence-electron chi connectivity index (χ1n) is 9.40. The molecule has 2 rings (SSSR count). The summed E-state index contributed by atoms with van der Waals surface area (Å²) in [6.07, 6.45) is 3.88. The molecule has 4 nitrogen and oxygen atoms in total. The molecule has 1 aliphatic heterocycles. The second-order valence-corrected chi connectivity index (χ2v) is 7.75. The Hall–Kier alpha value is -2.30. The summed E-state index contributed by atoms with van der Waals surface area (Å²) < 4.78 is 26.1. The van der Waals surface area contributed by atoms with E-state index in [9.17, 15) is 9.18 Å². The normalized spacial score (nSPS) is 16.2. The van der Waals surface area contributed by atoms with Crippen LogP contribution in [0.25, 0.3) is 11.1 Å². The maximum atomic E-state index is 14.2. The van der Waals surface area contributed by atoms with Crippen LogP contribution in [0.3, 0.4) is 0 Å². The Morgan fingerprint density at radius 1 is 1.33 bits per heavy atom. The standard InChI is InChI=1S/C22H29FO4/c1-7-8-9-26-18-11-19-16(10-15(18)14(4)20(23)21(24)25)17(13(2)3)12-22(5,6)27-19/h10-13H,7-9H2,1-6H3,(H,24,25). The summed E-state index contributed by atoms with van der Waals surface area (Å²) in [5.74, 6) is -1.41. The van der Waals surface area contributed by atoms with Gasteiger partial charge in [0.05, 0.1) is 6.61 Å². The Morgan fingerprint density at radius 3 is 2.56 bits per heavy atom. The highest BCUT2D eigenvalue weighted by Gasteiger charge is 2.30. The van der Waals surface area contributed by atoms with Gasteiger partial charge in [-0.1, -0.05) is 27.2 Å². The van der Waals surface area contributed by atoms with E-state index in [4.69, 9.17) is 14.6 Å². The van der Waals surface area contributed by atoms with E-state index >= 15 is 0 Å². The number of unbranched alkanes of at least 4 members (excludes halogenated alkanes) is 1. The molecule has 1 heterocycles. The van der Waals surface area contributed by atoms with Gasteiger partial charge in [0.1, 0.15) is 17.1 Å². The Balaban J connectivity index is 2.67. The molecule has 1 aliphatic rings. The zero-order valence-corrected chi connectivity index (χ0v) is 17.0. The van der Waals surface area contributed by atoms with Crippen molar-refractivity contribution in [2.75, 3.05) is 6.61 Å². The van der Waals surface area contributed by atoms with Crippen LogP contribution in [0.15, 0.2) is 24.0 Å². The summed E-state index contributed by atoms with van der Waals surface area (Å²) in [5, 5.41) is 9.06. The van der Waals surface area contributed by atoms with Gasteiger partial charge >= 0.3 is 5.97 Å². The summed E-state index contributed by atoms with van der Waals surface area (Å²) in [6, 6.07) is 3.55. The number of hydrogen-bond acceptors (Lipinski definition) is 3. The average molecular weight is 376 g/mol. The maximum absolute atomic E-state index is 14.2. The number of rotatable bonds is 7. The quantitative estimate of drug-likeness (QED) is 0.478. The Bertz CT molecular complexity index is 788. The molecular weight excluding hydrogens is 347 g/mol. The number of carboxylic acid groups (broad SMARTS) is 1. The molecule has 0 fully saturated rings. The van der Waals surface area contributed by atoms with Crippen LogP contribution in [0, 0.1) is 5.92 Å². The van der Waals surface area contributed by atoms with Gasteiger partial charge in [-0.3, -0.25) is 0 Å². The molecule has 148 valence electrons. The highest BCUT2D eigenvalue weighted by Crippen LogP contribution is 2.44. The molecule has 0 aliphatic carbocycles. The number of halogens is 1. The molecule has 0 spiro atoms. The number of ether oxygens (including phenoxy) is 2. The molecule has 1 aromatic carbocycles. The molecule has 0 saturated heterocycles. The summed E-state index contributed by atoms with van der Waals surface area (Å²) in [7, 11) is 0. The molecule has 0 bridgehead atoms. The summed E-state index contributed by atoms with van der Waals surface area (Å²) >= 11 is 0. The molecular formula is C22H29FO4. The average Bonchev–Trinajstić information content (AvgIpc) is 2.58. The van der Waals surface area contributed by atoms with Crippen molar-refractivity contribution in [1.82, 2.24) is 0 Å². The number of aliphatic carboxylic acids is 1. The molecule has 0 amide bonds. The number of carboxylic acids is 1. The van der Waals surface area contributed by atoms with Gasteiger partial charge in [0, 0.05) is 22.8 Å². The minimum Gasteiger partial charge on any atom is -0.493 e. The third-order valence-corrected chi connectivity index (χ3v) is 4.57. The minimum absolute atomic E-state index is 0.0461. The molecule has 1 aromatic rings. The van der Waals surface area contributed by atoms with E-state index in [1.54, 1.807) is 12.1 Å². The maximum Gasteiger partial charge on any atom is 0.365 e. The van der Waals surface area contributed by atoms with Crippen LogP contribution in [-0.2, 0) is 4.79 Å². The van der Waals surface area contributed by atoms with E-state index in [0.717, 1.165) is 24.0 Å². The lowest BCUT2D eigenvalue weighted by atomic mass is 9.86. The van der Waals surface area contributed by atoms with Gasteiger partial charge in [-0.05, 0) is 50.8 Å². The first-order valence-corrected chi connectivity index (χ1v) is 9.40. The summed E-state index contributed by atoms with van der Waals surface area (Å²) in [5.41, 5.74) is 1.96. The zero-order valence-electron chi connectivity index (χ0n) is 17.0. The number of benzene rings is 1. The van der Waals surface area contributed by atoms with Crippen LogP contribution in [0.2, 0.25) is 0 Å². The van der Waals surface area contributed by atoms with Crippen LogP contribution in [0.5, 0.6) is 11.5 Å². The molecule has 5 heteroatoms. The van der Waals surface area contributed by atoms with Crippen molar-refractivity contribution in [1.29, 1.82) is 0 Å². The van der Waals surface area contributed by atoms with Crippen molar-refractivity contribution in [3.63, 3.8) is 0 Å². The van der Waals surface area contributed by atoms with Crippen LogP contribution in [-0.4, -0.2) is 23.3 Å². The molecule has 1 N–H and O–H groups in total. The summed E-state index contributed by atoms with van der Waals surface area (Å²) in [4.78, 5) is 11.1. The van der Waals surface area contributed by atoms with Crippen LogP contribution in [0.1, 0.15) is 65.5 Å². The third-order valence-electron chi connectivity index (χ3n) is 4.57. The molecule has 0 aromatic heterocycles. The van der Waals surface area contributed by atoms with Crippen molar-refractivity contribution in [2.24, 2.45) is 5.92 Å². The highest BCUT2D eigenvalue weighted by atomic mass is 19.1. The predicted octanol–water partition coefficient (Wildman–Crippen LogP) is 5.86. The second-order valence-electron chi connectivity index (χ2n) is 7.75. The zero-order chi connectivity index (χ0) is 20.4. The molecule has 0 saturated carbocycles. The van der Waals surface area contributed by atoms with Crippen LogP contribution in [0.4, 0.5) is 4.39 Å². The van der Waals surface area contributed by atoms with E-state index in [0.29, 0.717) is 23.7 Å². The smallest absolute Gasteiger partial charge is 0.365 e. The van der Waals surface area contributed by atoms with Gasteiger partial charge in [0.2, 0.25) is 5.83 Å². The number of fused-ring (bicyclic) bond motifs is 1. The fourth-order valence-corrected chi connectivity index (χ4v) is 3.13. The van der Waals surface area contributed by atoms with E-state index in [1.807, 2.05) is 13.8 Å². The molecule has 0 atom stereocenters. The van der Waals surface area contributed by atoms with E-state index in [-0.39, 0.29) is 11.5 Å². The second kappa shape index (κ2) is 8.15. The highest BCUT2D eigenvalue weighted by molar-refractivity contribution is 5.95. The largest absolute Gasteiger partial charge is 0.493 e. The number of hydrogen-bond donors (Lipinski definition) is 1. The fourth-order valence-electron chi connectivity index (χ4n) is 3.13. The Labute approximate surface area is 160 Å². The summed E-state index contributed by atoms with van der Waals surface area (Å²) in [6.45, 7) is 12.1. The number of carbonyl (C=O) groups is 1. The first kappa shape index (κ1) is 21.0. The van der Waals surface area contributed by atoms with Gasteiger partial charge in [-0.2, -0.15) is 4.39 Å². The van der Waals surface area contributed by atoms with Crippen molar-refractivity contribution in [2.45, 2.75) is 60.0 Å².